The van der Waals surface area contributed by atoms with Crippen LogP contribution in [0, 0.1) is 5.92 Å². The molecule has 0 aromatic carbocycles. The zero-order chi connectivity index (χ0) is 15.5. The van der Waals surface area contributed by atoms with E-state index in [1.807, 2.05) is 0 Å². The summed E-state index contributed by atoms with van der Waals surface area (Å²) in [6, 6.07) is 2.00. The number of anilines is 1. The zero-order valence-electron chi connectivity index (χ0n) is 12.7. The van der Waals surface area contributed by atoms with E-state index >= 15 is 0 Å². The van der Waals surface area contributed by atoms with Gasteiger partial charge in [0.05, 0.1) is 7.11 Å². The van der Waals surface area contributed by atoms with Crippen LogP contribution in [0.15, 0.2) is 12.3 Å². The van der Waals surface area contributed by atoms with E-state index in [9.17, 15) is 9.90 Å². The summed E-state index contributed by atoms with van der Waals surface area (Å²) in [5.41, 5.74) is 0. The predicted octanol–water partition coefficient (Wildman–Crippen LogP) is 0.341. The average Bonchev–Trinajstić information content (AvgIpc) is 3.38. The average molecular weight is 306 g/mol. The number of amides is 1. The zero-order valence-corrected chi connectivity index (χ0v) is 12.7. The van der Waals surface area contributed by atoms with Gasteiger partial charge in [-0.1, -0.05) is 0 Å². The maximum absolute atomic E-state index is 11.9. The van der Waals surface area contributed by atoms with E-state index in [4.69, 9.17) is 4.74 Å². The van der Waals surface area contributed by atoms with Crippen molar-refractivity contribution in [1.82, 2.24) is 15.3 Å². The summed E-state index contributed by atoms with van der Waals surface area (Å²) in [6.45, 7) is 1.46. The number of piperidine rings is 1. The topological polar surface area (TPSA) is 87.6 Å². The molecule has 1 aliphatic carbocycles. The summed E-state index contributed by atoms with van der Waals surface area (Å²) < 4.78 is 5.11. The van der Waals surface area contributed by atoms with Crippen molar-refractivity contribution in [3.8, 4) is 5.88 Å². The number of ether oxygens (including phenoxy) is 1. The minimum atomic E-state index is -0.908. The molecule has 2 aliphatic rings. The number of rotatable bonds is 5. The van der Waals surface area contributed by atoms with Gasteiger partial charge in [-0.3, -0.25) is 4.79 Å². The van der Waals surface area contributed by atoms with Gasteiger partial charge in [-0.05, 0) is 31.6 Å². The first-order valence-corrected chi connectivity index (χ1v) is 7.78. The third-order valence-electron chi connectivity index (χ3n) is 4.29. The number of aromatic nitrogens is 2. The Morgan fingerprint density at radius 2 is 2.14 bits per heavy atom. The van der Waals surface area contributed by atoms with Gasteiger partial charge in [-0.15, -0.1) is 0 Å². The maximum Gasteiger partial charge on any atom is 0.249 e. The molecule has 0 unspecified atom stereocenters. The lowest BCUT2D eigenvalue weighted by Gasteiger charge is -2.33. The third-order valence-corrected chi connectivity index (χ3v) is 4.29. The second kappa shape index (κ2) is 6.48. The fraction of sp³-hybridized carbons (Fsp3) is 0.667. The number of carbonyl (C=O) groups excluding carboxylic acids is 1. The van der Waals surface area contributed by atoms with E-state index in [0.717, 1.165) is 38.8 Å². The molecule has 0 bridgehead atoms. The normalized spacial score (nSPS) is 20.5. The highest BCUT2D eigenvalue weighted by Crippen LogP contribution is 2.25. The largest absolute Gasteiger partial charge is 0.481 e. The van der Waals surface area contributed by atoms with Crippen molar-refractivity contribution in [2.45, 2.75) is 37.8 Å². The van der Waals surface area contributed by atoms with E-state index in [1.54, 1.807) is 19.4 Å². The van der Waals surface area contributed by atoms with Crippen LogP contribution in [0.5, 0.6) is 5.88 Å². The molecular weight excluding hydrogens is 284 g/mol. The molecule has 1 amide bonds. The van der Waals surface area contributed by atoms with Gasteiger partial charge in [0.2, 0.25) is 17.7 Å². The van der Waals surface area contributed by atoms with E-state index in [2.05, 4.69) is 20.2 Å². The van der Waals surface area contributed by atoms with E-state index in [-0.39, 0.29) is 17.9 Å². The maximum atomic E-state index is 11.9. The molecule has 7 heteroatoms. The first-order valence-electron chi connectivity index (χ1n) is 7.78. The molecule has 22 heavy (non-hydrogen) atoms. The molecule has 1 aliphatic heterocycles. The predicted molar refractivity (Wildman–Crippen MR) is 80.7 cm³/mol. The SMILES string of the molecule is COc1ccnc(N2CCC([C@H](O)C(=O)NC3CC3)CC2)n1. The van der Waals surface area contributed by atoms with Crippen LogP contribution in [0.25, 0.3) is 0 Å². The summed E-state index contributed by atoms with van der Waals surface area (Å²) in [4.78, 5) is 22.5. The molecule has 2 N–H and O–H groups in total. The molecule has 1 aromatic rings. The molecule has 2 fully saturated rings. The van der Waals surface area contributed by atoms with Crippen LogP contribution < -0.4 is 15.0 Å². The van der Waals surface area contributed by atoms with E-state index in [0.29, 0.717) is 11.8 Å². The lowest BCUT2D eigenvalue weighted by atomic mass is 9.91. The van der Waals surface area contributed by atoms with E-state index < -0.39 is 6.10 Å². The summed E-state index contributed by atoms with van der Waals surface area (Å²) in [5, 5.41) is 13.0. The number of hydrogen-bond donors (Lipinski definition) is 2. The highest BCUT2D eigenvalue weighted by molar-refractivity contribution is 5.81. The Bertz CT molecular complexity index is 527. The smallest absolute Gasteiger partial charge is 0.249 e. The molecule has 7 nitrogen and oxygen atoms in total. The second-order valence-electron chi connectivity index (χ2n) is 5.95. The standard InChI is InChI=1S/C15H22N4O3/c1-22-12-4-7-16-15(18-12)19-8-5-10(6-9-19)13(20)14(21)17-11-2-3-11/h4,7,10-11,13,20H,2-3,5-6,8-9H2,1H3,(H,17,21)/t13-/m0/s1. The summed E-state index contributed by atoms with van der Waals surface area (Å²) in [7, 11) is 1.58. The fourth-order valence-electron chi connectivity index (χ4n) is 2.74. The number of nitrogens with zero attached hydrogens (tertiary/aromatic N) is 3. The van der Waals surface area contributed by atoms with Crippen LogP contribution in [0.4, 0.5) is 5.95 Å². The van der Waals surface area contributed by atoms with Crippen molar-refractivity contribution in [1.29, 1.82) is 0 Å². The van der Waals surface area contributed by atoms with Crippen molar-refractivity contribution < 1.29 is 14.6 Å². The van der Waals surface area contributed by atoms with Gasteiger partial charge in [-0.25, -0.2) is 4.98 Å². The molecule has 0 spiro atoms. The van der Waals surface area contributed by atoms with Gasteiger partial charge < -0.3 is 20.1 Å². The van der Waals surface area contributed by atoms with Gasteiger partial charge in [0.15, 0.2) is 0 Å². The first kappa shape index (κ1) is 15.0. The summed E-state index contributed by atoms with van der Waals surface area (Å²) >= 11 is 0. The Labute approximate surface area is 129 Å². The minimum absolute atomic E-state index is 0.000563. The van der Waals surface area contributed by atoms with Gasteiger partial charge in [0.1, 0.15) is 6.10 Å². The lowest BCUT2D eigenvalue weighted by molar-refractivity contribution is -0.132. The molecule has 1 atom stereocenters. The Morgan fingerprint density at radius 1 is 1.41 bits per heavy atom. The van der Waals surface area contributed by atoms with Crippen molar-refractivity contribution in [3.63, 3.8) is 0 Å². The summed E-state index contributed by atoms with van der Waals surface area (Å²) in [5.74, 6) is 0.949. The Hall–Kier alpha value is -1.89. The number of carbonyl (C=O) groups is 1. The van der Waals surface area contributed by atoms with Crippen molar-refractivity contribution >= 4 is 11.9 Å². The molecule has 2 heterocycles. The van der Waals surface area contributed by atoms with Gasteiger partial charge in [0.25, 0.3) is 0 Å². The molecule has 120 valence electrons. The third kappa shape index (κ3) is 3.47. The molecule has 1 aromatic heterocycles. The highest BCUT2D eigenvalue weighted by atomic mass is 16.5. The Morgan fingerprint density at radius 3 is 2.77 bits per heavy atom. The van der Waals surface area contributed by atoms with Crippen LogP contribution in [0.1, 0.15) is 25.7 Å². The lowest BCUT2D eigenvalue weighted by Crippen LogP contribution is -2.45. The Balaban J connectivity index is 1.53. The van der Waals surface area contributed by atoms with Gasteiger partial charge >= 0.3 is 0 Å². The first-order chi connectivity index (χ1) is 10.7. The molecular formula is C15H22N4O3. The quantitative estimate of drug-likeness (QED) is 0.816. The van der Waals surface area contributed by atoms with Gasteiger partial charge in [-0.2, -0.15) is 4.98 Å². The number of methoxy groups -OCH3 is 1. The van der Waals surface area contributed by atoms with Crippen LogP contribution in [-0.4, -0.2) is 53.3 Å². The van der Waals surface area contributed by atoms with Crippen LogP contribution in [-0.2, 0) is 4.79 Å². The van der Waals surface area contributed by atoms with Crippen LogP contribution in [0.2, 0.25) is 0 Å². The number of aliphatic hydroxyl groups is 1. The summed E-state index contributed by atoms with van der Waals surface area (Å²) in [6.07, 6.45) is 4.33. The van der Waals surface area contributed by atoms with Crippen LogP contribution in [0.3, 0.4) is 0 Å². The molecule has 3 rings (SSSR count). The minimum Gasteiger partial charge on any atom is -0.481 e. The second-order valence-corrected chi connectivity index (χ2v) is 5.95. The Kier molecular flexibility index (Phi) is 4.42. The molecule has 0 radical (unpaired) electrons. The van der Waals surface area contributed by atoms with Crippen molar-refractivity contribution in [3.05, 3.63) is 12.3 Å². The van der Waals surface area contributed by atoms with Crippen molar-refractivity contribution in [2.75, 3.05) is 25.1 Å². The number of aliphatic hydroxyl groups excluding tert-OH is 1. The fourth-order valence-corrected chi connectivity index (χ4v) is 2.74. The molecule has 1 saturated carbocycles. The highest BCUT2D eigenvalue weighted by Gasteiger charge is 2.33. The van der Waals surface area contributed by atoms with E-state index in [1.165, 1.54) is 0 Å². The number of nitrogens with one attached hydrogen (secondary N) is 1. The molecule has 1 saturated heterocycles. The monoisotopic (exact) mass is 306 g/mol. The van der Waals surface area contributed by atoms with Gasteiger partial charge in [0, 0.05) is 31.4 Å². The van der Waals surface area contributed by atoms with Crippen LogP contribution >= 0.6 is 0 Å². The van der Waals surface area contributed by atoms with Crippen molar-refractivity contribution in [2.24, 2.45) is 5.92 Å². The number of hydrogen-bond acceptors (Lipinski definition) is 6.